The maximum absolute atomic E-state index is 12.4. The van der Waals surface area contributed by atoms with Crippen LogP contribution < -0.4 is 15.5 Å². The summed E-state index contributed by atoms with van der Waals surface area (Å²) in [5.74, 6) is 0. The third-order valence-electron chi connectivity index (χ3n) is 5.05. The van der Waals surface area contributed by atoms with Crippen molar-refractivity contribution in [3.63, 3.8) is 0 Å². The Hall–Kier alpha value is -2.57. The van der Waals surface area contributed by atoms with Crippen LogP contribution in [0.5, 0.6) is 0 Å². The molecule has 1 saturated heterocycles. The summed E-state index contributed by atoms with van der Waals surface area (Å²) in [5, 5.41) is 5.94. The molecular weight excluding hydrogens is 352 g/mol. The molecule has 0 radical (unpaired) electrons. The summed E-state index contributed by atoms with van der Waals surface area (Å²) in [7, 11) is 4.07. The number of hydrogen-bond donors (Lipinski definition) is 2. The van der Waals surface area contributed by atoms with E-state index in [1.807, 2.05) is 45.3 Å². The van der Waals surface area contributed by atoms with Crippen LogP contribution in [0.1, 0.15) is 17.2 Å². The fourth-order valence-electron chi connectivity index (χ4n) is 3.34. The average Bonchev–Trinajstić information content (AvgIpc) is 2.71. The van der Waals surface area contributed by atoms with Crippen molar-refractivity contribution in [1.29, 1.82) is 0 Å². The van der Waals surface area contributed by atoms with Crippen molar-refractivity contribution in [1.82, 2.24) is 10.2 Å². The molecular formula is C22H30N4O2. The van der Waals surface area contributed by atoms with Gasteiger partial charge in [-0.15, -0.1) is 0 Å². The van der Waals surface area contributed by atoms with Gasteiger partial charge >= 0.3 is 6.03 Å². The normalized spacial score (nSPS) is 15.7. The van der Waals surface area contributed by atoms with E-state index in [0.717, 1.165) is 37.7 Å². The SMILES string of the molecule is Cc1ccc(NC(=O)NCC(c2ccc(N(C)C)cc2)N2CCOCC2)cc1. The first kappa shape index (κ1) is 20.2. The van der Waals surface area contributed by atoms with E-state index in [-0.39, 0.29) is 12.1 Å². The number of benzene rings is 2. The monoisotopic (exact) mass is 382 g/mol. The van der Waals surface area contributed by atoms with Crippen LogP contribution in [-0.4, -0.2) is 57.9 Å². The molecule has 6 nitrogen and oxygen atoms in total. The average molecular weight is 383 g/mol. The van der Waals surface area contributed by atoms with Gasteiger partial charge in [-0.2, -0.15) is 0 Å². The Bertz CT molecular complexity index is 753. The van der Waals surface area contributed by atoms with Crippen molar-refractivity contribution in [3.8, 4) is 0 Å². The molecule has 1 fully saturated rings. The molecule has 3 rings (SSSR count). The third-order valence-corrected chi connectivity index (χ3v) is 5.05. The number of nitrogens with zero attached hydrogens (tertiary/aromatic N) is 2. The topological polar surface area (TPSA) is 56.8 Å². The molecule has 28 heavy (non-hydrogen) atoms. The largest absolute Gasteiger partial charge is 0.379 e. The smallest absolute Gasteiger partial charge is 0.319 e. The fourth-order valence-corrected chi connectivity index (χ4v) is 3.34. The van der Waals surface area contributed by atoms with E-state index in [4.69, 9.17) is 4.74 Å². The quantitative estimate of drug-likeness (QED) is 0.805. The van der Waals surface area contributed by atoms with Crippen molar-refractivity contribution in [3.05, 3.63) is 59.7 Å². The van der Waals surface area contributed by atoms with E-state index < -0.39 is 0 Å². The summed E-state index contributed by atoms with van der Waals surface area (Å²) in [6.07, 6.45) is 0. The lowest BCUT2D eigenvalue weighted by Gasteiger charge is -2.35. The molecule has 2 N–H and O–H groups in total. The highest BCUT2D eigenvalue weighted by Gasteiger charge is 2.23. The van der Waals surface area contributed by atoms with Gasteiger partial charge in [0.2, 0.25) is 0 Å². The summed E-state index contributed by atoms with van der Waals surface area (Å²) in [5.41, 5.74) is 4.32. The van der Waals surface area contributed by atoms with E-state index in [9.17, 15) is 4.79 Å². The lowest BCUT2D eigenvalue weighted by molar-refractivity contribution is 0.0168. The predicted molar refractivity (Wildman–Crippen MR) is 114 cm³/mol. The van der Waals surface area contributed by atoms with Gasteiger partial charge in [-0.3, -0.25) is 4.90 Å². The van der Waals surface area contributed by atoms with Gasteiger partial charge in [0.15, 0.2) is 0 Å². The molecule has 150 valence electrons. The van der Waals surface area contributed by atoms with Gasteiger partial charge in [-0.05, 0) is 36.8 Å². The van der Waals surface area contributed by atoms with Crippen LogP contribution in [0.25, 0.3) is 0 Å². The number of carbonyl (C=O) groups is 1. The van der Waals surface area contributed by atoms with Gasteiger partial charge in [0.05, 0.1) is 19.3 Å². The molecule has 0 aliphatic carbocycles. The molecule has 0 bridgehead atoms. The zero-order valence-electron chi connectivity index (χ0n) is 16.9. The molecule has 2 aromatic rings. The number of carbonyl (C=O) groups excluding carboxylic acids is 1. The number of urea groups is 1. The Labute approximate surface area is 167 Å². The maximum atomic E-state index is 12.4. The molecule has 1 aliphatic rings. The highest BCUT2D eigenvalue weighted by molar-refractivity contribution is 5.89. The van der Waals surface area contributed by atoms with Gasteiger partial charge in [0.1, 0.15) is 0 Å². The van der Waals surface area contributed by atoms with Crippen molar-refractivity contribution in [2.24, 2.45) is 0 Å². The van der Waals surface area contributed by atoms with Gasteiger partial charge in [0, 0.05) is 45.1 Å². The number of amides is 2. The first-order chi connectivity index (χ1) is 13.5. The van der Waals surface area contributed by atoms with Crippen molar-refractivity contribution in [2.45, 2.75) is 13.0 Å². The number of hydrogen-bond acceptors (Lipinski definition) is 4. The second kappa shape index (κ2) is 9.57. The number of morpholine rings is 1. The Morgan fingerprint density at radius 3 is 2.32 bits per heavy atom. The van der Waals surface area contributed by atoms with Crippen LogP contribution in [0.15, 0.2) is 48.5 Å². The minimum Gasteiger partial charge on any atom is -0.379 e. The fraction of sp³-hybridized carbons (Fsp3) is 0.409. The molecule has 1 aliphatic heterocycles. The van der Waals surface area contributed by atoms with Crippen LogP contribution in [0, 0.1) is 6.92 Å². The Balaban J connectivity index is 1.66. The second-order valence-corrected chi connectivity index (χ2v) is 7.35. The van der Waals surface area contributed by atoms with E-state index in [2.05, 4.69) is 44.7 Å². The first-order valence-corrected chi connectivity index (χ1v) is 9.73. The van der Waals surface area contributed by atoms with E-state index in [0.29, 0.717) is 6.54 Å². The minimum absolute atomic E-state index is 0.115. The minimum atomic E-state index is -0.188. The van der Waals surface area contributed by atoms with Crippen LogP contribution >= 0.6 is 0 Å². The molecule has 1 heterocycles. The summed E-state index contributed by atoms with van der Waals surface area (Å²) in [6.45, 7) is 5.74. The van der Waals surface area contributed by atoms with Crippen LogP contribution in [0.2, 0.25) is 0 Å². The highest BCUT2D eigenvalue weighted by atomic mass is 16.5. The molecule has 6 heteroatoms. The van der Waals surface area contributed by atoms with Gasteiger partial charge in [0.25, 0.3) is 0 Å². The molecule has 1 atom stereocenters. The lowest BCUT2D eigenvalue weighted by atomic mass is 10.0. The predicted octanol–water partition coefficient (Wildman–Crippen LogP) is 3.26. The Morgan fingerprint density at radius 2 is 1.71 bits per heavy atom. The second-order valence-electron chi connectivity index (χ2n) is 7.35. The number of rotatable bonds is 6. The van der Waals surface area contributed by atoms with Gasteiger partial charge in [-0.1, -0.05) is 29.8 Å². The molecule has 0 saturated carbocycles. The Kier molecular flexibility index (Phi) is 6.90. The molecule has 0 spiro atoms. The number of aryl methyl sites for hydroxylation is 1. The van der Waals surface area contributed by atoms with Crippen LogP contribution in [0.4, 0.5) is 16.2 Å². The van der Waals surface area contributed by atoms with E-state index in [1.54, 1.807) is 0 Å². The first-order valence-electron chi connectivity index (χ1n) is 9.73. The molecule has 2 amide bonds. The lowest BCUT2D eigenvalue weighted by Crippen LogP contribution is -2.44. The number of ether oxygens (including phenoxy) is 1. The maximum Gasteiger partial charge on any atom is 0.319 e. The molecule has 1 unspecified atom stereocenters. The van der Waals surface area contributed by atoms with Crippen molar-refractivity contribution in [2.75, 3.05) is 57.2 Å². The van der Waals surface area contributed by atoms with E-state index >= 15 is 0 Å². The van der Waals surface area contributed by atoms with Crippen molar-refractivity contribution >= 4 is 17.4 Å². The standard InChI is InChI=1S/C22H30N4O2/c1-17-4-8-19(9-5-17)24-22(27)23-16-21(26-12-14-28-15-13-26)18-6-10-20(11-7-18)25(2)3/h4-11,21H,12-16H2,1-3H3,(H2,23,24,27). The van der Waals surface area contributed by atoms with E-state index in [1.165, 1.54) is 11.1 Å². The number of anilines is 2. The van der Waals surface area contributed by atoms with Crippen molar-refractivity contribution < 1.29 is 9.53 Å². The third kappa shape index (κ3) is 5.47. The summed E-state index contributed by atoms with van der Waals surface area (Å²) in [4.78, 5) is 16.8. The number of nitrogens with one attached hydrogen (secondary N) is 2. The summed E-state index contributed by atoms with van der Waals surface area (Å²) < 4.78 is 5.50. The highest BCUT2D eigenvalue weighted by Crippen LogP contribution is 2.24. The zero-order chi connectivity index (χ0) is 19.9. The van der Waals surface area contributed by atoms with Gasteiger partial charge < -0.3 is 20.3 Å². The molecule has 0 aromatic heterocycles. The van der Waals surface area contributed by atoms with Crippen LogP contribution in [0.3, 0.4) is 0 Å². The zero-order valence-corrected chi connectivity index (χ0v) is 16.9. The summed E-state index contributed by atoms with van der Waals surface area (Å²) in [6, 6.07) is 16.3. The van der Waals surface area contributed by atoms with Crippen LogP contribution in [-0.2, 0) is 4.74 Å². The Morgan fingerprint density at radius 1 is 1.07 bits per heavy atom. The van der Waals surface area contributed by atoms with Gasteiger partial charge in [-0.25, -0.2) is 4.79 Å². The molecule has 2 aromatic carbocycles. The summed E-state index contributed by atoms with van der Waals surface area (Å²) >= 11 is 0.